The molecule has 0 radical (unpaired) electrons. The van der Waals surface area contributed by atoms with E-state index >= 15 is 0 Å². The van der Waals surface area contributed by atoms with E-state index in [0.717, 1.165) is 5.69 Å². The van der Waals surface area contributed by atoms with Crippen molar-refractivity contribution >= 4 is 27.3 Å². The van der Waals surface area contributed by atoms with Crippen molar-refractivity contribution in [2.75, 3.05) is 6.54 Å². The minimum absolute atomic E-state index is 0.120. The smallest absolute Gasteiger partial charge is 0.307 e. The summed E-state index contributed by atoms with van der Waals surface area (Å²) < 4.78 is 26.6. The van der Waals surface area contributed by atoms with Gasteiger partial charge in [0.25, 0.3) is 0 Å². The van der Waals surface area contributed by atoms with E-state index < -0.39 is 16.0 Å². The van der Waals surface area contributed by atoms with Gasteiger partial charge < -0.3 is 5.11 Å². The second-order valence-corrected chi connectivity index (χ2v) is 6.83. The van der Waals surface area contributed by atoms with Crippen LogP contribution in [0.5, 0.6) is 0 Å². The maximum absolute atomic E-state index is 12.0. The number of carboxylic acids is 1. The third-order valence-electron chi connectivity index (χ3n) is 2.75. The van der Waals surface area contributed by atoms with Crippen molar-refractivity contribution in [3.8, 4) is 0 Å². The molecule has 1 aromatic heterocycles. The van der Waals surface area contributed by atoms with Gasteiger partial charge >= 0.3 is 5.97 Å². The molecule has 0 aliphatic heterocycles. The van der Waals surface area contributed by atoms with Crippen molar-refractivity contribution in [1.29, 1.82) is 0 Å². The minimum atomic E-state index is -3.58. The minimum Gasteiger partial charge on any atom is -0.481 e. The first-order chi connectivity index (χ1) is 9.97. The Hall–Kier alpha value is -1.77. The number of sulfonamides is 1. The number of carbonyl (C=O) groups is 1. The van der Waals surface area contributed by atoms with Crippen LogP contribution in [0.3, 0.4) is 0 Å². The molecular weight excluding hydrogens is 312 g/mol. The molecule has 6 nitrogen and oxygen atoms in total. The highest BCUT2D eigenvalue weighted by molar-refractivity contribution is 7.89. The summed E-state index contributed by atoms with van der Waals surface area (Å²) in [5.74, 6) is -0.952. The summed E-state index contributed by atoms with van der Waals surface area (Å²) in [4.78, 5) is 14.8. The molecule has 1 heterocycles. The van der Waals surface area contributed by atoms with Crippen LogP contribution in [0.15, 0.2) is 40.1 Å². The molecule has 1 aromatic carbocycles. The second kappa shape index (κ2) is 6.79. The number of aromatic nitrogens is 1. The highest BCUT2D eigenvalue weighted by Crippen LogP contribution is 2.11. The van der Waals surface area contributed by atoms with Crippen molar-refractivity contribution in [1.82, 2.24) is 9.71 Å². The summed E-state index contributed by atoms with van der Waals surface area (Å²) in [6, 6.07) is 5.82. The molecule has 0 saturated heterocycles. The molecule has 0 atom stereocenters. The quantitative estimate of drug-likeness (QED) is 0.799. The molecule has 0 amide bonds. The first-order valence-electron chi connectivity index (χ1n) is 6.15. The van der Waals surface area contributed by atoms with E-state index in [0.29, 0.717) is 12.0 Å². The van der Waals surface area contributed by atoms with Gasteiger partial charge in [0.15, 0.2) is 0 Å². The lowest BCUT2D eigenvalue weighted by Crippen LogP contribution is -2.26. The van der Waals surface area contributed by atoms with Crippen LogP contribution < -0.4 is 4.72 Å². The summed E-state index contributed by atoms with van der Waals surface area (Å²) in [5.41, 5.74) is 3.11. The largest absolute Gasteiger partial charge is 0.481 e. The Morgan fingerprint density at radius 3 is 2.57 bits per heavy atom. The highest BCUT2D eigenvalue weighted by atomic mass is 32.2. The molecule has 2 rings (SSSR count). The van der Waals surface area contributed by atoms with E-state index in [1.165, 1.54) is 35.6 Å². The average Bonchev–Trinajstić information content (AvgIpc) is 2.91. The fourth-order valence-electron chi connectivity index (χ4n) is 1.72. The van der Waals surface area contributed by atoms with Crippen molar-refractivity contribution < 1.29 is 18.3 Å². The number of nitrogens with zero attached hydrogens (tertiary/aromatic N) is 1. The number of aliphatic carboxylic acids is 1. The van der Waals surface area contributed by atoms with E-state index in [2.05, 4.69) is 9.71 Å². The van der Waals surface area contributed by atoms with E-state index in [1.807, 2.05) is 5.38 Å². The number of carboxylic acid groups (broad SMARTS) is 1. The maximum atomic E-state index is 12.0. The molecule has 2 N–H and O–H groups in total. The Balaban J connectivity index is 1.96. The van der Waals surface area contributed by atoms with Crippen LogP contribution >= 0.6 is 11.3 Å². The predicted molar refractivity (Wildman–Crippen MR) is 78.8 cm³/mol. The van der Waals surface area contributed by atoms with Gasteiger partial charge in [-0.15, -0.1) is 11.3 Å². The van der Waals surface area contributed by atoms with Crippen molar-refractivity contribution in [2.45, 2.75) is 17.7 Å². The third kappa shape index (κ3) is 4.62. The van der Waals surface area contributed by atoms with Gasteiger partial charge in [-0.3, -0.25) is 4.79 Å². The fraction of sp³-hybridized carbons (Fsp3) is 0.231. The molecule has 0 unspecified atom stereocenters. The van der Waals surface area contributed by atoms with Gasteiger partial charge in [-0.25, -0.2) is 18.1 Å². The highest BCUT2D eigenvalue weighted by Gasteiger charge is 2.13. The zero-order chi connectivity index (χ0) is 15.3. The maximum Gasteiger partial charge on any atom is 0.307 e. The number of hydrogen-bond donors (Lipinski definition) is 2. The lowest BCUT2D eigenvalue weighted by atomic mass is 10.2. The second-order valence-electron chi connectivity index (χ2n) is 4.34. The third-order valence-corrected chi connectivity index (χ3v) is 4.86. The van der Waals surface area contributed by atoms with Crippen LogP contribution in [0, 0.1) is 0 Å². The summed E-state index contributed by atoms with van der Waals surface area (Å²) in [6.07, 6.45) is 0.400. The zero-order valence-corrected chi connectivity index (χ0v) is 12.7. The molecule has 21 heavy (non-hydrogen) atoms. The molecule has 112 valence electrons. The van der Waals surface area contributed by atoms with E-state index in [4.69, 9.17) is 5.11 Å². The predicted octanol–water partition coefficient (Wildman–Crippen LogP) is 1.29. The van der Waals surface area contributed by atoms with Gasteiger partial charge in [-0.1, -0.05) is 12.1 Å². The molecule has 0 bridgehead atoms. The first kappa shape index (κ1) is 15.6. The lowest BCUT2D eigenvalue weighted by Gasteiger charge is -2.06. The number of rotatable bonds is 7. The monoisotopic (exact) mass is 326 g/mol. The topological polar surface area (TPSA) is 96.4 Å². The van der Waals surface area contributed by atoms with Crippen LogP contribution in [0.25, 0.3) is 0 Å². The number of hydrogen-bond acceptors (Lipinski definition) is 5. The van der Waals surface area contributed by atoms with Crippen LogP contribution in [0.2, 0.25) is 0 Å². The van der Waals surface area contributed by atoms with Crippen LogP contribution in [0.1, 0.15) is 11.3 Å². The summed E-state index contributed by atoms with van der Waals surface area (Å²) in [5, 5.41) is 10.5. The molecular formula is C13H14N2O4S2. The molecule has 0 fully saturated rings. The molecule has 0 aliphatic carbocycles. The summed E-state index contributed by atoms with van der Waals surface area (Å²) in [7, 11) is -3.58. The Morgan fingerprint density at radius 1 is 1.29 bits per heavy atom. The summed E-state index contributed by atoms with van der Waals surface area (Å²) in [6.45, 7) is 0.267. The summed E-state index contributed by atoms with van der Waals surface area (Å²) >= 11 is 1.46. The first-order valence-corrected chi connectivity index (χ1v) is 8.57. The van der Waals surface area contributed by atoms with Gasteiger partial charge in [0.1, 0.15) is 0 Å². The SMILES string of the molecule is O=C(O)Cc1ccc(S(=O)(=O)NCCc2cscn2)cc1. The molecule has 8 heteroatoms. The number of nitrogens with one attached hydrogen (secondary N) is 1. The van der Waals surface area contributed by atoms with Gasteiger partial charge in [-0.2, -0.15) is 0 Å². The normalized spacial score (nSPS) is 11.4. The molecule has 0 aliphatic rings. The van der Waals surface area contributed by atoms with Gasteiger partial charge in [0.2, 0.25) is 10.0 Å². The van der Waals surface area contributed by atoms with Crippen molar-refractivity contribution in [3.05, 3.63) is 46.4 Å². The van der Waals surface area contributed by atoms with Crippen molar-refractivity contribution in [3.63, 3.8) is 0 Å². The van der Waals surface area contributed by atoms with E-state index in [-0.39, 0.29) is 17.9 Å². The molecule has 0 spiro atoms. The Labute approximate surface area is 126 Å². The number of thiazole rings is 1. The van der Waals surface area contributed by atoms with E-state index in [1.54, 1.807) is 5.51 Å². The van der Waals surface area contributed by atoms with E-state index in [9.17, 15) is 13.2 Å². The average molecular weight is 326 g/mol. The Bertz CT molecular complexity index is 694. The molecule has 2 aromatic rings. The Kier molecular flexibility index (Phi) is 5.05. The lowest BCUT2D eigenvalue weighted by molar-refractivity contribution is -0.136. The van der Waals surface area contributed by atoms with Crippen LogP contribution in [0.4, 0.5) is 0 Å². The fourth-order valence-corrected chi connectivity index (χ4v) is 3.34. The van der Waals surface area contributed by atoms with Crippen LogP contribution in [-0.4, -0.2) is 31.0 Å². The van der Waals surface area contributed by atoms with Crippen LogP contribution in [-0.2, 0) is 27.7 Å². The van der Waals surface area contributed by atoms with Crippen molar-refractivity contribution in [2.24, 2.45) is 0 Å². The molecule has 0 saturated carbocycles. The zero-order valence-electron chi connectivity index (χ0n) is 11.0. The van der Waals surface area contributed by atoms with Gasteiger partial charge in [0, 0.05) is 18.3 Å². The Morgan fingerprint density at radius 2 is 2.00 bits per heavy atom. The standard InChI is InChI=1S/C13H14N2O4S2/c16-13(17)7-10-1-3-12(4-2-10)21(18,19)15-6-5-11-8-20-9-14-11/h1-4,8-9,15H,5-7H2,(H,16,17). The van der Waals surface area contributed by atoms with Gasteiger partial charge in [0.05, 0.1) is 22.5 Å². The number of benzene rings is 1. The van der Waals surface area contributed by atoms with Gasteiger partial charge in [-0.05, 0) is 17.7 Å².